The number of para-hydroxylation sites is 1. The van der Waals surface area contributed by atoms with Crippen molar-refractivity contribution in [2.24, 2.45) is 7.05 Å². The maximum Gasteiger partial charge on any atom is 0.263 e. The molecule has 0 N–H and O–H groups in total. The van der Waals surface area contributed by atoms with Gasteiger partial charge in [-0.15, -0.1) is 0 Å². The monoisotopic (exact) mass is 244 g/mol. The molecule has 4 nitrogen and oxygen atoms in total. The van der Waals surface area contributed by atoms with Crippen molar-refractivity contribution in [2.75, 3.05) is 0 Å². The van der Waals surface area contributed by atoms with Gasteiger partial charge < -0.3 is 0 Å². The van der Waals surface area contributed by atoms with Gasteiger partial charge in [-0.1, -0.05) is 12.1 Å². The van der Waals surface area contributed by atoms with Crippen LogP contribution in [0.5, 0.6) is 0 Å². The first-order valence-corrected chi connectivity index (χ1v) is 6.59. The van der Waals surface area contributed by atoms with Crippen molar-refractivity contribution in [3.05, 3.63) is 23.9 Å². The molecule has 0 radical (unpaired) electrons. The van der Waals surface area contributed by atoms with E-state index in [-0.39, 0.29) is 4.90 Å². The van der Waals surface area contributed by atoms with Crippen molar-refractivity contribution in [3.8, 4) is 0 Å². The molecule has 0 aliphatic heterocycles. The summed E-state index contributed by atoms with van der Waals surface area (Å²) < 4.78 is 24.2. The molecular formula is C9H9ClN2O2S. The molecule has 0 aliphatic rings. The fourth-order valence-corrected chi connectivity index (χ4v) is 2.76. The fraction of sp³-hybridized carbons (Fsp3) is 0.222. The SMILES string of the molecule is Cc1nn(C)c2c(S(=O)(=O)Cl)cccc12. The molecule has 6 heteroatoms. The van der Waals surface area contributed by atoms with Gasteiger partial charge in [0.15, 0.2) is 0 Å². The van der Waals surface area contributed by atoms with Gasteiger partial charge in [0, 0.05) is 23.1 Å². The summed E-state index contributed by atoms with van der Waals surface area (Å²) in [5.74, 6) is 0. The van der Waals surface area contributed by atoms with Gasteiger partial charge in [-0.05, 0) is 13.0 Å². The second-order valence-corrected chi connectivity index (χ2v) is 5.83. The zero-order valence-electron chi connectivity index (χ0n) is 8.23. The molecule has 1 aromatic heterocycles. The van der Waals surface area contributed by atoms with Crippen molar-refractivity contribution in [3.63, 3.8) is 0 Å². The Kier molecular flexibility index (Phi) is 2.24. The smallest absolute Gasteiger partial charge is 0.263 e. The fourth-order valence-electron chi connectivity index (χ4n) is 1.67. The van der Waals surface area contributed by atoms with Gasteiger partial charge in [0.25, 0.3) is 9.05 Å². The number of benzene rings is 1. The molecule has 80 valence electrons. The first-order chi connectivity index (χ1) is 6.91. The maximum atomic E-state index is 11.3. The third-order valence-electron chi connectivity index (χ3n) is 2.28. The van der Waals surface area contributed by atoms with Crippen molar-refractivity contribution in [1.82, 2.24) is 9.78 Å². The molecule has 0 bridgehead atoms. The van der Waals surface area contributed by atoms with Gasteiger partial charge in [-0.3, -0.25) is 4.68 Å². The van der Waals surface area contributed by atoms with E-state index in [1.165, 1.54) is 10.7 Å². The predicted molar refractivity (Wildman–Crippen MR) is 58.5 cm³/mol. The lowest BCUT2D eigenvalue weighted by Gasteiger charge is -2.00. The highest BCUT2D eigenvalue weighted by molar-refractivity contribution is 8.14. The van der Waals surface area contributed by atoms with Crippen molar-refractivity contribution < 1.29 is 8.42 Å². The van der Waals surface area contributed by atoms with Crippen LogP contribution in [0, 0.1) is 6.92 Å². The van der Waals surface area contributed by atoms with E-state index in [1.54, 1.807) is 13.1 Å². The second kappa shape index (κ2) is 3.21. The third-order valence-corrected chi connectivity index (χ3v) is 3.63. The minimum atomic E-state index is -3.73. The van der Waals surface area contributed by atoms with E-state index in [9.17, 15) is 8.42 Å². The summed E-state index contributed by atoms with van der Waals surface area (Å²) in [7, 11) is 3.32. The van der Waals surface area contributed by atoms with Crippen LogP contribution in [0.1, 0.15) is 5.69 Å². The molecule has 1 aromatic carbocycles. The predicted octanol–water partition coefficient (Wildman–Crippen LogP) is 1.81. The van der Waals surface area contributed by atoms with Crippen LogP contribution >= 0.6 is 10.7 Å². The van der Waals surface area contributed by atoms with E-state index in [4.69, 9.17) is 10.7 Å². The Labute approximate surface area is 91.9 Å². The highest BCUT2D eigenvalue weighted by atomic mass is 35.7. The van der Waals surface area contributed by atoms with Crippen LogP contribution in [0.2, 0.25) is 0 Å². The molecular weight excluding hydrogens is 236 g/mol. The molecule has 0 amide bonds. The number of fused-ring (bicyclic) bond motifs is 1. The average molecular weight is 245 g/mol. The minimum Gasteiger partial charge on any atom is -0.266 e. The largest absolute Gasteiger partial charge is 0.266 e. The van der Waals surface area contributed by atoms with Crippen LogP contribution in [0.3, 0.4) is 0 Å². The average Bonchev–Trinajstić information content (AvgIpc) is 2.41. The highest BCUT2D eigenvalue weighted by Gasteiger charge is 2.17. The zero-order valence-corrected chi connectivity index (χ0v) is 9.80. The molecule has 0 spiro atoms. The van der Waals surface area contributed by atoms with E-state index < -0.39 is 9.05 Å². The Morgan fingerprint density at radius 3 is 2.67 bits per heavy atom. The van der Waals surface area contributed by atoms with Crippen LogP contribution in [0.4, 0.5) is 0 Å². The van der Waals surface area contributed by atoms with Crippen LogP contribution in [0.25, 0.3) is 10.9 Å². The molecule has 2 rings (SSSR count). The summed E-state index contributed by atoms with van der Waals surface area (Å²) in [6.07, 6.45) is 0. The third kappa shape index (κ3) is 1.61. The Bertz CT molecular complexity index is 631. The summed E-state index contributed by atoms with van der Waals surface area (Å²) in [5.41, 5.74) is 1.33. The number of aryl methyl sites for hydroxylation is 2. The molecule has 2 aromatic rings. The molecule has 0 atom stereocenters. The number of hydrogen-bond acceptors (Lipinski definition) is 3. The van der Waals surface area contributed by atoms with Gasteiger partial charge in [0.1, 0.15) is 4.90 Å². The quantitative estimate of drug-likeness (QED) is 0.719. The number of halogens is 1. The van der Waals surface area contributed by atoms with Gasteiger partial charge in [-0.2, -0.15) is 5.10 Å². The summed E-state index contributed by atoms with van der Waals surface area (Å²) in [5, 5.41) is 4.96. The summed E-state index contributed by atoms with van der Waals surface area (Å²) in [6.45, 7) is 1.83. The molecule has 0 saturated heterocycles. The summed E-state index contributed by atoms with van der Waals surface area (Å²) in [4.78, 5) is 0.102. The van der Waals surface area contributed by atoms with Crippen molar-refractivity contribution in [1.29, 1.82) is 0 Å². The summed E-state index contributed by atoms with van der Waals surface area (Å²) >= 11 is 0. The molecule has 1 heterocycles. The van der Waals surface area contributed by atoms with Crippen LogP contribution < -0.4 is 0 Å². The van der Waals surface area contributed by atoms with Crippen molar-refractivity contribution >= 4 is 30.6 Å². The van der Waals surface area contributed by atoms with Gasteiger partial charge in [0.2, 0.25) is 0 Å². The Balaban J connectivity index is 3.00. The second-order valence-electron chi connectivity index (χ2n) is 3.30. The minimum absolute atomic E-state index is 0.102. The molecule has 0 fully saturated rings. The van der Waals surface area contributed by atoms with E-state index in [1.807, 2.05) is 13.0 Å². The van der Waals surface area contributed by atoms with E-state index in [0.717, 1.165) is 11.1 Å². The Morgan fingerprint density at radius 1 is 1.40 bits per heavy atom. The molecule has 0 saturated carbocycles. The lowest BCUT2D eigenvalue weighted by Crippen LogP contribution is -1.97. The Hall–Kier alpha value is -1.07. The molecule has 0 unspecified atom stereocenters. The lowest BCUT2D eigenvalue weighted by molar-refractivity contribution is 0.609. The number of hydrogen-bond donors (Lipinski definition) is 0. The van der Waals surface area contributed by atoms with Gasteiger partial charge >= 0.3 is 0 Å². The Morgan fingerprint density at radius 2 is 2.07 bits per heavy atom. The van der Waals surface area contributed by atoms with Crippen LogP contribution in [-0.2, 0) is 16.1 Å². The van der Waals surface area contributed by atoms with Crippen molar-refractivity contribution in [2.45, 2.75) is 11.8 Å². The maximum absolute atomic E-state index is 11.3. The first kappa shape index (κ1) is 10.4. The normalized spacial score (nSPS) is 12.2. The van der Waals surface area contributed by atoms with Gasteiger partial charge in [0.05, 0.1) is 11.2 Å². The number of rotatable bonds is 1. The van der Waals surface area contributed by atoms with Crippen LogP contribution in [0.15, 0.2) is 23.1 Å². The van der Waals surface area contributed by atoms with Crippen LogP contribution in [-0.4, -0.2) is 18.2 Å². The van der Waals surface area contributed by atoms with E-state index in [2.05, 4.69) is 5.10 Å². The van der Waals surface area contributed by atoms with Gasteiger partial charge in [-0.25, -0.2) is 8.42 Å². The standard InChI is InChI=1S/C9H9ClN2O2S/c1-6-7-4-3-5-8(15(10,13)14)9(7)12(2)11-6/h3-5H,1-2H3. The zero-order chi connectivity index (χ0) is 11.2. The first-order valence-electron chi connectivity index (χ1n) is 4.28. The number of nitrogens with zero attached hydrogens (tertiary/aromatic N) is 2. The molecule has 15 heavy (non-hydrogen) atoms. The highest BCUT2D eigenvalue weighted by Crippen LogP contribution is 2.26. The summed E-state index contributed by atoms with van der Waals surface area (Å²) in [6, 6.07) is 4.96. The molecule has 0 aliphatic carbocycles. The number of aromatic nitrogens is 2. The topological polar surface area (TPSA) is 52.0 Å². The lowest BCUT2D eigenvalue weighted by atomic mass is 10.2. The van der Waals surface area contributed by atoms with E-state index in [0.29, 0.717) is 5.52 Å². The van der Waals surface area contributed by atoms with E-state index >= 15 is 0 Å².